The van der Waals surface area contributed by atoms with Crippen molar-refractivity contribution in [2.75, 3.05) is 0 Å². The van der Waals surface area contributed by atoms with Gasteiger partial charge in [0.1, 0.15) is 5.75 Å². The van der Waals surface area contributed by atoms with Crippen LogP contribution >= 0.6 is 0 Å². The van der Waals surface area contributed by atoms with Crippen molar-refractivity contribution in [2.45, 2.75) is 25.7 Å². The first-order valence-corrected chi connectivity index (χ1v) is 6.61. The Bertz CT molecular complexity index is 561. The summed E-state index contributed by atoms with van der Waals surface area (Å²) in [6, 6.07) is 15.8. The third kappa shape index (κ3) is 3.89. The van der Waals surface area contributed by atoms with Crippen LogP contribution < -0.4 is 0 Å². The predicted octanol–water partition coefficient (Wildman–Crippen LogP) is 4.41. The van der Waals surface area contributed by atoms with E-state index in [2.05, 4.69) is 30.2 Å². The number of phenols is 1. The van der Waals surface area contributed by atoms with Gasteiger partial charge < -0.3 is 5.11 Å². The molecule has 0 radical (unpaired) electrons. The number of aromatic hydroxyl groups is 1. The first-order valence-electron chi connectivity index (χ1n) is 6.61. The van der Waals surface area contributed by atoms with E-state index >= 15 is 0 Å². The average Bonchev–Trinajstić information content (AvgIpc) is 2.45. The van der Waals surface area contributed by atoms with E-state index in [4.69, 9.17) is 6.42 Å². The van der Waals surface area contributed by atoms with Crippen LogP contribution in [0, 0.1) is 12.3 Å². The van der Waals surface area contributed by atoms with E-state index in [0.717, 1.165) is 31.2 Å². The number of unbranched alkanes of at least 4 members (excludes halogenated alkanes) is 2. The molecule has 0 saturated heterocycles. The molecule has 1 nitrogen and oxygen atoms in total. The van der Waals surface area contributed by atoms with Crippen LogP contribution in [-0.2, 0) is 6.42 Å². The SMILES string of the molecule is C#CCCCCc1cccc(-c2ccc(O)cc2)c1. The Labute approximate surface area is 114 Å². The van der Waals surface area contributed by atoms with Crippen LogP contribution in [0.4, 0.5) is 0 Å². The molecule has 0 aliphatic carbocycles. The highest BCUT2D eigenvalue weighted by Crippen LogP contribution is 2.23. The van der Waals surface area contributed by atoms with E-state index in [0.29, 0.717) is 5.75 Å². The van der Waals surface area contributed by atoms with Crippen LogP contribution in [0.5, 0.6) is 5.75 Å². The minimum absolute atomic E-state index is 0.300. The van der Waals surface area contributed by atoms with Crippen molar-refractivity contribution in [1.82, 2.24) is 0 Å². The Kier molecular flexibility index (Phi) is 4.64. The number of phenolic OH excluding ortho intramolecular Hbond substituents is 1. The van der Waals surface area contributed by atoms with Gasteiger partial charge in [-0.05, 0) is 48.1 Å². The standard InChI is InChI=1S/C18H18O/c1-2-3-4-5-7-15-8-6-9-17(14-15)16-10-12-18(19)13-11-16/h1,6,8-14,19H,3-5,7H2. The smallest absolute Gasteiger partial charge is 0.115 e. The van der Waals surface area contributed by atoms with E-state index < -0.39 is 0 Å². The van der Waals surface area contributed by atoms with Gasteiger partial charge in [0.05, 0.1) is 0 Å². The topological polar surface area (TPSA) is 20.2 Å². The van der Waals surface area contributed by atoms with Gasteiger partial charge >= 0.3 is 0 Å². The summed E-state index contributed by atoms with van der Waals surface area (Å²) in [7, 11) is 0. The molecule has 0 amide bonds. The van der Waals surface area contributed by atoms with Crippen LogP contribution in [0.3, 0.4) is 0 Å². The molecular weight excluding hydrogens is 232 g/mol. The third-order valence-electron chi connectivity index (χ3n) is 3.16. The first-order chi connectivity index (χ1) is 9.29. The van der Waals surface area contributed by atoms with Crippen molar-refractivity contribution >= 4 is 0 Å². The summed E-state index contributed by atoms with van der Waals surface area (Å²) >= 11 is 0. The molecule has 0 spiro atoms. The maximum atomic E-state index is 9.31. The molecule has 96 valence electrons. The summed E-state index contributed by atoms with van der Waals surface area (Å²) in [5.74, 6) is 2.97. The zero-order chi connectivity index (χ0) is 13.5. The fraction of sp³-hybridized carbons (Fsp3) is 0.222. The highest BCUT2D eigenvalue weighted by molar-refractivity contribution is 5.64. The molecule has 0 bridgehead atoms. The molecule has 0 unspecified atom stereocenters. The van der Waals surface area contributed by atoms with Crippen molar-refractivity contribution in [3.63, 3.8) is 0 Å². The third-order valence-corrected chi connectivity index (χ3v) is 3.16. The highest BCUT2D eigenvalue weighted by atomic mass is 16.3. The molecular formula is C18H18O. The molecule has 0 atom stereocenters. The van der Waals surface area contributed by atoms with Crippen molar-refractivity contribution in [1.29, 1.82) is 0 Å². The quantitative estimate of drug-likeness (QED) is 0.615. The molecule has 1 heteroatoms. The van der Waals surface area contributed by atoms with Crippen LogP contribution in [0.15, 0.2) is 48.5 Å². The Hall–Kier alpha value is -2.20. The minimum atomic E-state index is 0.300. The lowest BCUT2D eigenvalue weighted by molar-refractivity contribution is 0.475. The van der Waals surface area contributed by atoms with Gasteiger partial charge in [-0.3, -0.25) is 0 Å². The summed E-state index contributed by atoms with van der Waals surface area (Å²) < 4.78 is 0. The van der Waals surface area contributed by atoms with Crippen LogP contribution in [0.1, 0.15) is 24.8 Å². The van der Waals surface area contributed by atoms with E-state index in [1.165, 1.54) is 11.1 Å². The van der Waals surface area contributed by atoms with E-state index in [1.807, 2.05) is 12.1 Å². The predicted molar refractivity (Wildman–Crippen MR) is 79.9 cm³/mol. The van der Waals surface area contributed by atoms with Gasteiger partial charge in [0, 0.05) is 6.42 Å². The monoisotopic (exact) mass is 250 g/mol. The summed E-state index contributed by atoms with van der Waals surface area (Å²) in [5, 5.41) is 9.31. The fourth-order valence-corrected chi connectivity index (χ4v) is 2.12. The van der Waals surface area contributed by atoms with Crippen LogP contribution in [0.2, 0.25) is 0 Å². The molecule has 0 aliphatic heterocycles. The second-order valence-corrected chi connectivity index (χ2v) is 4.66. The van der Waals surface area contributed by atoms with Crippen molar-refractivity contribution in [3.05, 3.63) is 54.1 Å². The Morgan fingerprint density at radius 2 is 1.74 bits per heavy atom. The largest absolute Gasteiger partial charge is 0.508 e. The van der Waals surface area contributed by atoms with Gasteiger partial charge in [-0.1, -0.05) is 36.4 Å². The highest BCUT2D eigenvalue weighted by Gasteiger charge is 2.00. The maximum absolute atomic E-state index is 9.31. The number of benzene rings is 2. The second kappa shape index (κ2) is 6.66. The second-order valence-electron chi connectivity index (χ2n) is 4.66. The molecule has 2 aromatic rings. The summed E-state index contributed by atoms with van der Waals surface area (Å²) in [5.41, 5.74) is 3.65. The van der Waals surface area contributed by atoms with Gasteiger partial charge in [-0.2, -0.15) is 0 Å². The molecule has 0 aliphatic rings. The number of hydrogen-bond donors (Lipinski definition) is 1. The summed E-state index contributed by atoms with van der Waals surface area (Å²) in [6.45, 7) is 0. The molecule has 0 aromatic heterocycles. The van der Waals surface area contributed by atoms with E-state index in [9.17, 15) is 5.11 Å². The Balaban J connectivity index is 2.07. The maximum Gasteiger partial charge on any atom is 0.115 e. The van der Waals surface area contributed by atoms with E-state index in [1.54, 1.807) is 12.1 Å². The number of rotatable bonds is 5. The van der Waals surface area contributed by atoms with Gasteiger partial charge in [-0.15, -0.1) is 12.3 Å². The lowest BCUT2D eigenvalue weighted by atomic mass is 10.00. The number of hydrogen-bond acceptors (Lipinski definition) is 1. The molecule has 2 rings (SSSR count). The van der Waals surface area contributed by atoms with Crippen molar-refractivity contribution < 1.29 is 5.11 Å². The van der Waals surface area contributed by atoms with Gasteiger partial charge in [0.25, 0.3) is 0 Å². The molecule has 19 heavy (non-hydrogen) atoms. The number of terminal acetylenes is 1. The van der Waals surface area contributed by atoms with Crippen LogP contribution in [-0.4, -0.2) is 5.11 Å². The number of aryl methyl sites for hydroxylation is 1. The van der Waals surface area contributed by atoms with Gasteiger partial charge in [-0.25, -0.2) is 0 Å². The molecule has 0 saturated carbocycles. The fourth-order valence-electron chi connectivity index (χ4n) is 2.12. The normalized spacial score (nSPS) is 10.1. The summed E-state index contributed by atoms with van der Waals surface area (Å²) in [4.78, 5) is 0. The first kappa shape index (κ1) is 13.2. The molecule has 2 aromatic carbocycles. The van der Waals surface area contributed by atoms with Crippen LogP contribution in [0.25, 0.3) is 11.1 Å². The van der Waals surface area contributed by atoms with Gasteiger partial charge in [0.2, 0.25) is 0 Å². The zero-order valence-corrected chi connectivity index (χ0v) is 11.0. The summed E-state index contributed by atoms with van der Waals surface area (Å²) in [6.07, 6.45) is 9.38. The lowest BCUT2D eigenvalue weighted by Gasteiger charge is -2.05. The van der Waals surface area contributed by atoms with Crippen molar-refractivity contribution in [2.24, 2.45) is 0 Å². The molecule has 0 fully saturated rings. The van der Waals surface area contributed by atoms with Gasteiger partial charge in [0.15, 0.2) is 0 Å². The zero-order valence-electron chi connectivity index (χ0n) is 11.0. The Morgan fingerprint density at radius 1 is 0.947 bits per heavy atom. The molecule has 1 N–H and O–H groups in total. The Morgan fingerprint density at radius 3 is 2.47 bits per heavy atom. The molecule has 0 heterocycles. The van der Waals surface area contributed by atoms with Crippen molar-refractivity contribution in [3.8, 4) is 29.2 Å². The minimum Gasteiger partial charge on any atom is -0.508 e. The van der Waals surface area contributed by atoms with E-state index in [-0.39, 0.29) is 0 Å². The average molecular weight is 250 g/mol. The lowest BCUT2D eigenvalue weighted by Crippen LogP contribution is -1.87.